The van der Waals surface area contributed by atoms with Crippen LogP contribution in [0.5, 0.6) is 0 Å². The normalized spacial score (nSPS) is 19.3. The molecule has 0 aromatic carbocycles. The molecule has 0 unspecified atom stereocenters. The van der Waals surface area contributed by atoms with E-state index in [1.54, 1.807) is 0 Å². The lowest BCUT2D eigenvalue weighted by molar-refractivity contribution is -0.111. The lowest BCUT2D eigenvalue weighted by Crippen LogP contribution is -2.50. The molecule has 0 spiro atoms. The molecule has 0 aromatic heterocycles. The fourth-order valence-electron chi connectivity index (χ4n) is 1.14. The molecule has 122 valence electrons. The van der Waals surface area contributed by atoms with Crippen LogP contribution in [0.4, 0.5) is 0 Å². The zero-order valence-corrected chi connectivity index (χ0v) is 11.3. The highest BCUT2D eigenvalue weighted by molar-refractivity contribution is 7.81. The van der Waals surface area contributed by atoms with Gasteiger partial charge in [-0.05, 0) is 0 Å². The third kappa shape index (κ3) is 7.39. The first-order chi connectivity index (χ1) is 8.91. The van der Waals surface area contributed by atoms with Crippen molar-refractivity contribution in [3.05, 3.63) is 0 Å². The van der Waals surface area contributed by atoms with E-state index in [0.29, 0.717) is 0 Å². The molecule has 0 saturated heterocycles. The van der Waals surface area contributed by atoms with Gasteiger partial charge in [0.2, 0.25) is 0 Å². The zero-order valence-electron chi connectivity index (χ0n) is 9.67. The minimum Gasteiger partial charge on any atom is -0.394 e. The fourth-order valence-corrected chi connectivity index (χ4v) is 2.12. The second-order valence-electron chi connectivity index (χ2n) is 3.47. The minimum atomic E-state index is -5.08. The molecular weight excluding hydrogens is 328 g/mol. The van der Waals surface area contributed by atoms with Crippen LogP contribution >= 0.6 is 0 Å². The third-order valence-electron chi connectivity index (χ3n) is 1.96. The predicted octanol–water partition coefficient (Wildman–Crippen LogP) is -3.93. The van der Waals surface area contributed by atoms with Crippen LogP contribution in [-0.4, -0.2) is 84.0 Å². The summed E-state index contributed by atoms with van der Waals surface area (Å²) in [4.78, 5) is 0. The molecule has 0 heterocycles. The van der Waals surface area contributed by atoms with Crippen LogP contribution in [-0.2, 0) is 29.2 Å². The van der Waals surface area contributed by atoms with Crippen molar-refractivity contribution in [1.82, 2.24) is 0 Å². The van der Waals surface area contributed by atoms with Crippen molar-refractivity contribution in [2.24, 2.45) is 0 Å². The first-order valence-corrected chi connectivity index (χ1v) is 7.53. The first-order valence-electron chi connectivity index (χ1n) is 4.80. The Hall–Kier alpha value is -0.420. The van der Waals surface area contributed by atoms with Crippen LogP contribution in [0, 0.1) is 0 Å². The molecule has 12 nitrogen and oxygen atoms in total. The molecule has 0 aromatic rings. The Kier molecular flexibility index (Phi) is 7.39. The van der Waals surface area contributed by atoms with Crippen molar-refractivity contribution < 1.29 is 54.7 Å². The van der Waals surface area contributed by atoms with E-state index in [0.717, 1.165) is 0 Å². The van der Waals surface area contributed by atoms with Crippen LogP contribution in [0.3, 0.4) is 0 Å². The molecule has 0 aliphatic rings. The Morgan fingerprint density at radius 1 is 0.750 bits per heavy atom. The average molecular weight is 342 g/mol. The first kappa shape index (κ1) is 19.6. The summed E-state index contributed by atoms with van der Waals surface area (Å²) in [7, 11) is -10.2. The molecular formula is C6H14O12S2. The summed E-state index contributed by atoms with van der Waals surface area (Å²) < 4.78 is 66.0. The van der Waals surface area contributed by atoms with Gasteiger partial charge in [0.1, 0.15) is 24.4 Å². The maximum absolute atomic E-state index is 10.4. The van der Waals surface area contributed by atoms with Gasteiger partial charge in [-0.25, -0.2) is 8.37 Å². The van der Waals surface area contributed by atoms with E-state index in [4.69, 9.17) is 19.3 Å². The van der Waals surface area contributed by atoms with Gasteiger partial charge in [0.05, 0.1) is 13.2 Å². The van der Waals surface area contributed by atoms with Gasteiger partial charge in [0, 0.05) is 0 Å². The topological polar surface area (TPSA) is 208 Å². The molecule has 0 saturated carbocycles. The van der Waals surface area contributed by atoms with Gasteiger partial charge in [0.15, 0.2) is 0 Å². The van der Waals surface area contributed by atoms with Gasteiger partial charge >= 0.3 is 20.8 Å². The summed E-state index contributed by atoms with van der Waals surface area (Å²) >= 11 is 0. The lowest BCUT2D eigenvalue weighted by Gasteiger charge is -2.27. The SMILES string of the molecule is O=S(=O)(O)O[C@H](CO)[C@@H](O)[C@H](O)[C@@H](CO)OS(=O)(=O)O. The van der Waals surface area contributed by atoms with Crippen molar-refractivity contribution in [1.29, 1.82) is 0 Å². The number of rotatable bonds is 9. The van der Waals surface area contributed by atoms with Crippen LogP contribution in [0.1, 0.15) is 0 Å². The summed E-state index contributed by atoms with van der Waals surface area (Å²) in [6.45, 7) is -2.38. The lowest BCUT2D eigenvalue weighted by atomic mass is 10.0. The molecule has 4 atom stereocenters. The second-order valence-corrected chi connectivity index (χ2v) is 5.57. The van der Waals surface area contributed by atoms with E-state index in [1.807, 2.05) is 0 Å². The number of aliphatic hydroxyl groups excluding tert-OH is 4. The highest BCUT2D eigenvalue weighted by Gasteiger charge is 2.37. The Bertz CT molecular complexity index is 436. The smallest absolute Gasteiger partial charge is 0.394 e. The summed E-state index contributed by atoms with van der Waals surface area (Å²) in [5, 5.41) is 36.4. The number of aliphatic hydroxyl groups is 4. The Labute approximate surface area is 114 Å². The molecule has 20 heavy (non-hydrogen) atoms. The molecule has 14 heteroatoms. The van der Waals surface area contributed by atoms with Gasteiger partial charge in [-0.3, -0.25) is 9.11 Å². The molecule has 6 N–H and O–H groups in total. The molecule has 0 amide bonds. The quantitative estimate of drug-likeness (QED) is 0.222. The number of hydrogen-bond donors (Lipinski definition) is 6. The molecule has 0 aliphatic heterocycles. The molecule has 0 radical (unpaired) electrons. The second kappa shape index (κ2) is 7.55. The highest BCUT2D eigenvalue weighted by atomic mass is 32.3. The molecule has 0 aliphatic carbocycles. The summed E-state index contributed by atoms with van der Waals surface area (Å²) in [6, 6.07) is 0. The molecule has 0 rings (SSSR count). The fraction of sp³-hybridized carbons (Fsp3) is 1.00. The largest absolute Gasteiger partial charge is 0.397 e. The van der Waals surface area contributed by atoms with E-state index < -0.39 is 58.4 Å². The highest BCUT2D eigenvalue weighted by Crippen LogP contribution is 2.13. The minimum absolute atomic E-state index is 1.19. The average Bonchev–Trinajstić information content (AvgIpc) is 2.28. The maximum Gasteiger partial charge on any atom is 0.397 e. The van der Waals surface area contributed by atoms with Crippen LogP contribution in [0.2, 0.25) is 0 Å². The predicted molar refractivity (Wildman–Crippen MR) is 59.0 cm³/mol. The van der Waals surface area contributed by atoms with Gasteiger partial charge in [-0.2, -0.15) is 16.8 Å². The number of hydrogen-bond acceptors (Lipinski definition) is 10. The Morgan fingerprint density at radius 2 is 1.00 bits per heavy atom. The third-order valence-corrected chi connectivity index (χ3v) is 2.94. The van der Waals surface area contributed by atoms with Crippen molar-refractivity contribution in [3.8, 4) is 0 Å². The van der Waals surface area contributed by atoms with E-state index in [-0.39, 0.29) is 0 Å². The Balaban J connectivity index is 4.98. The van der Waals surface area contributed by atoms with Crippen LogP contribution in [0.15, 0.2) is 0 Å². The van der Waals surface area contributed by atoms with E-state index in [2.05, 4.69) is 8.37 Å². The summed E-state index contributed by atoms with van der Waals surface area (Å²) in [5.74, 6) is 0. The Morgan fingerprint density at radius 3 is 1.15 bits per heavy atom. The molecule has 0 bridgehead atoms. The van der Waals surface area contributed by atoms with Crippen molar-refractivity contribution in [3.63, 3.8) is 0 Å². The van der Waals surface area contributed by atoms with Gasteiger partial charge in [-0.15, -0.1) is 0 Å². The van der Waals surface area contributed by atoms with E-state index in [1.165, 1.54) is 0 Å². The van der Waals surface area contributed by atoms with Crippen LogP contribution in [0.25, 0.3) is 0 Å². The summed E-state index contributed by atoms with van der Waals surface area (Å²) in [5.41, 5.74) is 0. The van der Waals surface area contributed by atoms with Gasteiger partial charge < -0.3 is 20.4 Å². The monoisotopic (exact) mass is 342 g/mol. The zero-order chi connectivity index (χ0) is 16.1. The van der Waals surface area contributed by atoms with E-state index >= 15 is 0 Å². The van der Waals surface area contributed by atoms with Gasteiger partial charge in [0.25, 0.3) is 0 Å². The van der Waals surface area contributed by atoms with Crippen molar-refractivity contribution in [2.45, 2.75) is 24.4 Å². The summed E-state index contributed by atoms with van der Waals surface area (Å²) in [6.07, 6.45) is -8.69. The standard InChI is InChI=1S/C6H14O12S2/c7-1-3(17-19(11,12)13)5(9)6(10)4(2-8)18-20(14,15)16/h3-10H,1-2H2,(H,11,12,13)(H,14,15,16)/t3-,4-,5-,6-/m1/s1. The van der Waals surface area contributed by atoms with Crippen LogP contribution < -0.4 is 0 Å². The van der Waals surface area contributed by atoms with Gasteiger partial charge in [-0.1, -0.05) is 0 Å². The van der Waals surface area contributed by atoms with E-state index in [9.17, 15) is 27.0 Å². The molecule has 0 fully saturated rings. The maximum atomic E-state index is 10.4. The van der Waals surface area contributed by atoms with Crippen molar-refractivity contribution in [2.75, 3.05) is 13.2 Å². The van der Waals surface area contributed by atoms with Crippen molar-refractivity contribution >= 4 is 20.8 Å².